The van der Waals surface area contributed by atoms with Crippen LogP contribution in [-0.4, -0.2) is 15.0 Å². The summed E-state index contributed by atoms with van der Waals surface area (Å²) >= 11 is 3.50. The highest BCUT2D eigenvalue weighted by molar-refractivity contribution is 9.10. The Morgan fingerprint density at radius 1 is 1.00 bits per heavy atom. The number of aromatic nitrogens is 3. The molecule has 1 aliphatic rings. The van der Waals surface area contributed by atoms with Gasteiger partial charge in [0.15, 0.2) is 0 Å². The Morgan fingerprint density at radius 2 is 1.86 bits per heavy atom. The van der Waals surface area contributed by atoms with Gasteiger partial charge in [0.25, 0.3) is 0 Å². The first-order chi connectivity index (χ1) is 10.2. The van der Waals surface area contributed by atoms with E-state index in [9.17, 15) is 0 Å². The fourth-order valence-electron chi connectivity index (χ4n) is 2.49. The number of halogens is 1. The summed E-state index contributed by atoms with van der Waals surface area (Å²) in [5.74, 6) is 1.51. The molecule has 21 heavy (non-hydrogen) atoms. The van der Waals surface area contributed by atoms with Crippen LogP contribution in [0.4, 0.5) is 0 Å². The summed E-state index contributed by atoms with van der Waals surface area (Å²) in [6.45, 7) is 2.01. The van der Waals surface area contributed by atoms with Gasteiger partial charge in [0.1, 0.15) is 10.4 Å². The van der Waals surface area contributed by atoms with Gasteiger partial charge in [-0.1, -0.05) is 12.1 Å². The minimum Gasteiger partial charge on any atom is -0.253 e. The Bertz CT molecular complexity index is 841. The molecule has 0 aliphatic heterocycles. The largest absolute Gasteiger partial charge is 0.253 e. The van der Waals surface area contributed by atoms with E-state index in [0.29, 0.717) is 5.92 Å². The molecule has 0 amide bonds. The number of hydrogen-bond acceptors (Lipinski definition) is 3. The lowest BCUT2D eigenvalue weighted by Crippen LogP contribution is -1.95. The quantitative estimate of drug-likeness (QED) is 0.638. The molecule has 3 aromatic rings. The van der Waals surface area contributed by atoms with Crippen molar-refractivity contribution in [1.82, 2.24) is 15.0 Å². The molecule has 2 heterocycles. The zero-order valence-electron chi connectivity index (χ0n) is 11.7. The van der Waals surface area contributed by atoms with Gasteiger partial charge < -0.3 is 0 Å². The molecule has 0 radical (unpaired) electrons. The summed E-state index contributed by atoms with van der Waals surface area (Å²) in [6.07, 6.45) is 2.41. The van der Waals surface area contributed by atoms with Gasteiger partial charge in [-0.05, 0) is 60.0 Å². The predicted molar refractivity (Wildman–Crippen MR) is 87.2 cm³/mol. The first-order valence-electron chi connectivity index (χ1n) is 7.11. The number of benzene rings is 1. The maximum Gasteiger partial charge on any atom is 0.133 e. The minimum absolute atomic E-state index is 0.547. The number of aryl methyl sites for hydroxylation is 1. The van der Waals surface area contributed by atoms with E-state index in [0.717, 1.165) is 38.3 Å². The van der Waals surface area contributed by atoms with Crippen molar-refractivity contribution < 1.29 is 0 Å². The van der Waals surface area contributed by atoms with Crippen LogP contribution in [0.3, 0.4) is 0 Å². The smallest absolute Gasteiger partial charge is 0.133 e. The highest BCUT2D eigenvalue weighted by Gasteiger charge is 2.27. The zero-order chi connectivity index (χ0) is 14.4. The standard InChI is InChI=1S/C17H14BrN3/c1-10-2-3-12-8-13(6-7-14(12)19-10)15-9-16(18)21-17(20-15)11-4-5-11/h2-3,6-9,11H,4-5H2,1H3. The first-order valence-corrected chi connectivity index (χ1v) is 7.90. The van der Waals surface area contributed by atoms with Gasteiger partial charge in [-0.2, -0.15) is 0 Å². The molecule has 3 nitrogen and oxygen atoms in total. The highest BCUT2D eigenvalue weighted by atomic mass is 79.9. The summed E-state index contributed by atoms with van der Waals surface area (Å²) in [4.78, 5) is 13.8. The summed E-state index contributed by atoms with van der Waals surface area (Å²) in [6, 6.07) is 12.4. The Hall–Kier alpha value is -1.81. The van der Waals surface area contributed by atoms with Gasteiger partial charge >= 0.3 is 0 Å². The summed E-state index contributed by atoms with van der Waals surface area (Å²) in [5, 5.41) is 1.14. The van der Waals surface area contributed by atoms with E-state index in [2.05, 4.69) is 50.2 Å². The van der Waals surface area contributed by atoms with Crippen LogP contribution >= 0.6 is 15.9 Å². The van der Waals surface area contributed by atoms with E-state index in [4.69, 9.17) is 4.98 Å². The Morgan fingerprint density at radius 3 is 2.67 bits per heavy atom. The van der Waals surface area contributed by atoms with E-state index in [-0.39, 0.29) is 0 Å². The van der Waals surface area contributed by atoms with Crippen LogP contribution in [0.1, 0.15) is 30.3 Å². The van der Waals surface area contributed by atoms with Crippen molar-refractivity contribution in [1.29, 1.82) is 0 Å². The topological polar surface area (TPSA) is 38.7 Å². The normalized spacial score (nSPS) is 14.6. The number of pyridine rings is 1. The summed E-state index contributed by atoms with van der Waals surface area (Å²) in [7, 11) is 0. The van der Waals surface area contributed by atoms with Crippen molar-refractivity contribution in [3.05, 3.63) is 52.5 Å². The summed E-state index contributed by atoms with van der Waals surface area (Å²) in [5.41, 5.74) is 4.14. The van der Waals surface area contributed by atoms with Gasteiger partial charge in [0, 0.05) is 22.6 Å². The second kappa shape index (κ2) is 4.88. The van der Waals surface area contributed by atoms with E-state index in [1.54, 1.807) is 0 Å². The van der Waals surface area contributed by atoms with Crippen LogP contribution in [0, 0.1) is 6.92 Å². The molecule has 1 fully saturated rings. The molecule has 104 valence electrons. The molecule has 0 unspecified atom stereocenters. The second-order valence-electron chi connectivity index (χ2n) is 5.57. The SMILES string of the molecule is Cc1ccc2cc(-c3cc(Br)nc(C4CC4)n3)ccc2n1. The molecule has 4 rings (SSSR count). The number of rotatable bonds is 2. The Balaban J connectivity index is 1.83. The van der Waals surface area contributed by atoms with Crippen molar-refractivity contribution in [3.63, 3.8) is 0 Å². The van der Waals surface area contributed by atoms with Crippen LogP contribution in [0.15, 0.2) is 41.0 Å². The minimum atomic E-state index is 0.547. The fourth-order valence-corrected chi connectivity index (χ4v) is 2.89. The zero-order valence-corrected chi connectivity index (χ0v) is 13.3. The number of fused-ring (bicyclic) bond motifs is 1. The van der Waals surface area contributed by atoms with Crippen LogP contribution < -0.4 is 0 Å². The lowest BCUT2D eigenvalue weighted by Gasteiger charge is -2.06. The molecule has 0 N–H and O–H groups in total. The first kappa shape index (κ1) is 12.9. The maximum absolute atomic E-state index is 4.73. The third-order valence-electron chi connectivity index (χ3n) is 3.78. The van der Waals surface area contributed by atoms with Gasteiger partial charge in [0.05, 0.1) is 11.2 Å². The van der Waals surface area contributed by atoms with Gasteiger partial charge in [-0.25, -0.2) is 9.97 Å². The fraction of sp³-hybridized carbons (Fsp3) is 0.235. The highest BCUT2D eigenvalue weighted by Crippen LogP contribution is 2.39. The van der Waals surface area contributed by atoms with Gasteiger partial charge in [-0.3, -0.25) is 4.98 Å². The molecule has 1 aliphatic carbocycles. The molecular formula is C17H14BrN3. The average Bonchev–Trinajstić information content (AvgIpc) is 3.30. The van der Waals surface area contributed by atoms with E-state index < -0.39 is 0 Å². The molecule has 0 atom stereocenters. The van der Waals surface area contributed by atoms with Crippen molar-refractivity contribution >= 4 is 26.8 Å². The number of hydrogen-bond donors (Lipinski definition) is 0. The average molecular weight is 340 g/mol. The molecular weight excluding hydrogens is 326 g/mol. The third kappa shape index (κ3) is 2.56. The van der Waals surface area contributed by atoms with Gasteiger partial charge in [0.2, 0.25) is 0 Å². The van der Waals surface area contributed by atoms with Crippen LogP contribution in [0.5, 0.6) is 0 Å². The Labute approximate surface area is 131 Å². The van der Waals surface area contributed by atoms with Crippen molar-refractivity contribution in [2.45, 2.75) is 25.7 Å². The van der Waals surface area contributed by atoms with Crippen molar-refractivity contribution in [2.24, 2.45) is 0 Å². The molecule has 1 aromatic carbocycles. The molecule has 0 bridgehead atoms. The summed E-state index contributed by atoms with van der Waals surface area (Å²) < 4.78 is 0.858. The van der Waals surface area contributed by atoms with Crippen LogP contribution in [0.2, 0.25) is 0 Å². The molecule has 0 saturated heterocycles. The van der Waals surface area contributed by atoms with E-state index >= 15 is 0 Å². The van der Waals surface area contributed by atoms with E-state index in [1.807, 2.05) is 19.1 Å². The number of nitrogens with zero attached hydrogens (tertiary/aromatic N) is 3. The molecule has 0 spiro atoms. The van der Waals surface area contributed by atoms with Crippen LogP contribution in [-0.2, 0) is 0 Å². The predicted octanol–water partition coefficient (Wildman–Crippen LogP) is 4.64. The molecule has 2 aromatic heterocycles. The maximum atomic E-state index is 4.73. The Kier molecular flexibility index (Phi) is 3.00. The molecule has 1 saturated carbocycles. The monoisotopic (exact) mass is 339 g/mol. The van der Waals surface area contributed by atoms with Crippen LogP contribution in [0.25, 0.3) is 22.2 Å². The van der Waals surface area contributed by atoms with Crippen molar-refractivity contribution in [2.75, 3.05) is 0 Å². The lowest BCUT2D eigenvalue weighted by atomic mass is 10.1. The molecule has 4 heteroatoms. The van der Waals surface area contributed by atoms with Crippen molar-refractivity contribution in [3.8, 4) is 11.3 Å². The van der Waals surface area contributed by atoms with E-state index in [1.165, 1.54) is 12.8 Å². The second-order valence-corrected chi connectivity index (χ2v) is 6.38. The van der Waals surface area contributed by atoms with Gasteiger partial charge in [-0.15, -0.1) is 0 Å². The third-order valence-corrected chi connectivity index (χ3v) is 4.19. The lowest BCUT2D eigenvalue weighted by molar-refractivity contribution is 0.919.